The molecule has 0 aliphatic carbocycles. The van der Waals surface area contributed by atoms with E-state index in [-0.39, 0.29) is 5.91 Å². The molecular formula is C15H18N2O2. The molecular weight excluding hydrogens is 240 g/mol. The minimum Gasteiger partial charge on any atom is -0.469 e. The number of hydrogen-bond donors (Lipinski definition) is 1. The van der Waals surface area contributed by atoms with Crippen LogP contribution in [0.3, 0.4) is 0 Å². The first-order valence-electron chi connectivity index (χ1n) is 6.29. The van der Waals surface area contributed by atoms with Crippen molar-refractivity contribution in [2.24, 2.45) is 0 Å². The van der Waals surface area contributed by atoms with Crippen LogP contribution >= 0.6 is 0 Å². The minimum atomic E-state index is -0.0393. The molecule has 19 heavy (non-hydrogen) atoms. The predicted octanol–water partition coefficient (Wildman–Crippen LogP) is 2.83. The van der Waals surface area contributed by atoms with Gasteiger partial charge in [0.25, 0.3) is 5.91 Å². The van der Waals surface area contributed by atoms with Crippen molar-refractivity contribution in [1.82, 2.24) is 4.90 Å². The number of aryl methyl sites for hydroxylation is 1. The van der Waals surface area contributed by atoms with E-state index in [2.05, 4.69) is 0 Å². The summed E-state index contributed by atoms with van der Waals surface area (Å²) in [6.07, 6.45) is 1.49. The Balaban J connectivity index is 2.17. The summed E-state index contributed by atoms with van der Waals surface area (Å²) in [4.78, 5) is 14.1. The van der Waals surface area contributed by atoms with Crippen molar-refractivity contribution < 1.29 is 9.21 Å². The standard InChI is InChI=1S/C15H18N2O2/c1-3-17(9-12-6-4-5-7-14(12)16)15(18)13-8-11(2)19-10-13/h4-8,10H,3,9,16H2,1-2H3. The SMILES string of the molecule is CCN(Cc1ccccc1N)C(=O)c1coc(C)c1. The molecule has 4 heteroatoms. The quantitative estimate of drug-likeness (QED) is 0.858. The Morgan fingerprint density at radius 1 is 1.37 bits per heavy atom. The van der Waals surface area contributed by atoms with E-state index in [1.807, 2.05) is 38.1 Å². The molecule has 0 saturated heterocycles. The molecule has 1 aromatic heterocycles. The van der Waals surface area contributed by atoms with Crippen LogP contribution in [0.4, 0.5) is 5.69 Å². The first kappa shape index (κ1) is 13.2. The molecule has 2 N–H and O–H groups in total. The number of hydrogen-bond acceptors (Lipinski definition) is 3. The van der Waals surface area contributed by atoms with E-state index < -0.39 is 0 Å². The molecule has 0 unspecified atom stereocenters. The number of anilines is 1. The average molecular weight is 258 g/mol. The lowest BCUT2D eigenvalue weighted by atomic mass is 10.1. The van der Waals surface area contributed by atoms with Crippen LogP contribution in [0.5, 0.6) is 0 Å². The highest BCUT2D eigenvalue weighted by Crippen LogP contribution is 2.16. The van der Waals surface area contributed by atoms with E-state index in [0.717, 1.165) is 11.3 Å². The third-order valence-electron chi connectivity index (χ3n) is 3.06. The van der Waals surface area contributed by atoms with Gasteiger partial charge in [0, 0.05) is 18.8 Å². The number of furan rings is 1. The van der Waals surface area contributed by atoms with E-state index in [1.54, 1.807) is 11.0 Å². The molecule has 0 radical (unpaired) electrons. The highest BCUT2D eigenvalue weighted by atomic mass is 16.3. The Labute approximate surface area is 112 Å². The number of amides is 1. The maximum atomic E-state index is 12.3. The molecule has 0 spiro atoms. The third kappa shape index (κ3) is 2.96. The molecule has 2 aromatic rings. The normalized spacial score (nSPS) is 10.4. The summed E-state index contributed by atoms with van der Waals surface area (Å²) >= 11 is 0. The van der Waals surface area contributed by atoms with Crippen molar-refractivity contribution in [3.63, 3.8) is 0 Å². The zero-order valence-corrected chi connectivity index (χ0v) is 11.2. The highest BCUT2D eigenvalue weighted by molar-refractivity contribution is 5.94. The zero-order valence-electron chi connectivity index (χ0n) is 11.2. The van der Waals surface area contributed by atoms with Crippen LogP contribution in [0.25, 0.3) is 0 Å². The maximum Gasteiger partial charge on any atom is 0.257 e. The van der Waals surface area contributed by atoms with Crippen LogP contribution in [-0.2, 0) is 6.54 Å². The molecule has 0 saturated carbocycles. The van der Waals surface area contributed by atoms with E-state index in [4.69, 9.17) is 10.2 Å². The number of para-hydroxylation sites is 1. The second-order valence-corrected chi connectivity index (χ2v) is 4.46. The summed E-state index contributed by atoms with van der Waals surface area (Å²) < 4.78 is 5.18. The monoisotopic (exact) mass is 258 g/mol. The summed E-state index contributed by atoms with van der Waals surface area (Å²) in [5.74, 6) is 0.696. The second kappa shape index (κ2) is 5.61. The maximum absolute atomic E-state index is 12.3. The van der Waals surface area contributed by atoms with Crippen LogP contribution in [0.1, 0.15) is 28.6 Å². The molecule has 0 fully saturated rings. The number of carbonyl (C=O) groups excluding carboxylic acids is 1. The fourth-order valence-corrected chi connectivity index (χ4v) is 1.95. The number of nitrogens with zero attached hydrogens (tertiary/aromatic N) is 1. The lowest BCUT2D eigenvalue weighted by Gasteiger charge is -2.21. The minimum absolute atomic E-state index is 0.0393. The molecule has 2 rings (SSSR count). The zero-order chi connectivity index (χ0) is 13.8. The fraction of sp³-hybridized carbons (Fsp3) is 0.267. The van der Waals surface area contributed by atoms with Gasteiger partial charge >= 0.3 is 0 Å². The van der Waals surface area contributed by atoms with E-state index in [0.29, 0.717) is 24.3 Å². The Kier molecular flexibility index (Phi) is 3.90. The molecule has 0 aliphatic heterocycles. The number of nitrogens with two attached hydrogens (primary N) is 1. The van der Waals surface area contributed by atoms with Crippen molar-refractivity contribution in [3.05, 3.63) is 53.5 Å². The van der Waals surface area contributed by atoms with Gasteiger partial charge < -0.3 is 15.1 Å². The van der Waals surface area contributed by atoms with E-state index in [9.17, 15) is 4.79 Å². The van der Waals surface area contributed by atoms with Crippen LogP contribution in [-0.4, -0.2) is 17.4 Å². The van der Waals surface area contributed by atoms with Gasteiger partial charge in [-0.2, -0.15) is 0 Å². The van der Waals surface area contributed by atoms with Gasteiger partial charge in [-0.1, -0.05) is 18.2 Å². The van der Waals surface area contributed by atoms with Crippen LogP contribution in [0.2, 0.25) is 0 Å². The second-order valence-electron chi connectivity index (χ2n) is 4.46. The number of benzene rings is 1. The van der Waals surface area contributed by atoms with Crippen LogP contribution in [0, 0.1) is 6.92 Å². The van der Waals surface area contributed by atoms with Gasteiger partial charge in [0.15, 0.2) is 0 Å². The van der Waals surface area contributed by atoms with Gasteiger partial charge in [-0.15, -0.1) is 0 Å². The van der Waals surface area contributed by atoms with Crippen molar-refractivity contribution in [2.45, 2.75) is 20.4 Å². The molecule has 1 heterocycles. The van der Waals surface area contributed by atoms with Gasteiger partial charge in [0.05, 0.1) is 5.56 Å². The largest absolute Gasteiger partial charge is 0.469 e. The number of carbonyl (C=O) groups is 1. The summed E-state index contributed by atoms with van der Waals surface area (Å²) in [5.41, 5.74) is 8.15. The fourth-order valence-electron chi connectivity index (χ4n) is 1.95. The van der Waals surface area contributed by atoms with E-state index >= 15 is 0 Å². The van der Waals surface area contributed by atoms with Gasteiger partial charge in [0.1, 0.15) is 12.0 Å². The van der Waals surface area contributed by atoms with Gasteiger partial charge in [-0.25, -0.2) is 0 Å². The third-order valence-corrected chi connectivity index (χ3v) is 3.06. The first-order chi connectivity index (χ1) is 9.11. The van der Waals surface area contributed by atoms with Crippen molar-refractivity contribution >= 4 is 11.6 Å². The lowest BCUT2D eigenvalue weighted by Crippen LogP contribution is -2.30. The summed E-state index contributed by atoms with van der Waals surface area (Å²) in [7, 11) is 0. The summed E-state index contributed by atoms with van der Waals surface area (Å²) in [6.45, 7) is 4.90. The van der Waals surface area contributed by atoms with Gasteiger partial charge in [-0.3, -0.25) is 4.79 Å². The van der Waals surface area contributed by atoms with Gasteiger partial charge in [0.2, 0.25) is 0 Å². The Bertz CT molecular complexity index is 575. The average Bonchev–Trinajstić information content (AvgIpc) is 2.84. The smallest absolute Gasteiger partial charge is 0.257 e. The molecule has 0 bridgehead atoms. The predicted molar refractivity (Wildman–Crippen MR) is 74.7 cm³/mol. The Hall–Kier alpha value is -2.23. The summed E-state index contributed by atoms with van der Waals surface area (Å²) in [5, 5.41) is 0. The Morgan fingerprint density at radius 3 is 2.68 bits per heavy atom. The molecule has 0 atom stereocenters. The van der Waals surface area contributed by atoms with Crippen molar-refractivity contribution in [2.75, 3.05) is 12.3 Å². The van der Waals surface area contributed by atoms with Crippen molar-refractivity contribution in [3.8, 4) is 0 Å². The first-order valence-corrected chi connectivity index (χ1v) is 6.29. The molecule has 4 nitrogen and oxygen atoms in total. The number of rotatable bonds is 4. The molecule has 100 valence electrons. The van der Waals surface area contributed by atoms with E-state index in [1.165, 1.54) is 6.26 Å². The highest BCUT2D eigenvalue weighted by Gasteiger charge is 2.17. The lowest BCUT2D eigenvalue weighted by molar-refractivity contribution is 0.0752. The summed E-state index contributed by atoms with van der Waals surface area (Å²) in [6, 6.07) is 9.34. The molecule has 0 aliphatic rings. The topological polar surface area (TPSA) is 59.5 Å². The van der Waals surface area contributed by atoms with Crippen LogP contribution in [0.15, 0.2) is 41.0 Å². The molecule has 1 amide bonds. The van der Waals surface area contributed by atoms with Crippen LogP contribution < -0.4 is 5.73 Å². The van der Waals surface area contributed by atoms with Crippen molar-refractivity contribution in [1.29, 1.82) is 0 Å². The molecule has 1 aromatic carbocycles. The van der Waals surface area contributed by atoms with Gasteiger partial charge in [-0.05, 0) is 31.5 Å². The number of nitrogen functional groups attached to an aromatic ring is 1. The Morgan fingerprint density at radius 2 is 2.11 bits per heavy atom.